The molecule has 1 aromatic heterocycles. The second-order valence-corrected chi connectivity index (χ2v) is 7.43. The molecule has 0 spiro atoms. The van der Waals surface area contributed by atoms with E-state index in [1.54, 1.807) is 7.11 Å². The molecule has 1 aliphatic heterocycles. The van der Waals surface area contributed by atoms with E-state index >= 15 is 0 Å². The van der Waals surface area contributed by atoms with Gasteiger partial charge in [0.2, 0.25) is 0 Å². The highest BCUT2D eigenvalue weighted by Gasteiger charge is 2.22. The molecule has 2 N–H and O–H groups in total. The van der Waals surface area contributed by atoms with Crippen molar-refractivity contribution in [1.29, 1.82) is 0 Å². The number of aromatic nitrogens is 3. The Labute approximate surface area is 199 Å². The first-order valence-electron chi connectivity index (χ1n) is 9.96. The standard InChI is InChI=1S/C20H29ClN6O2.HI/c1-4-22-20(23-11-14(2)29-17-8-6-5-7-16(17)21)24-15-9-10-19-25-18(13-28-3)26-27(19)12-15;/h5-8,14-15H,4,9-13H2,1-3H3,(H2,22,23,24);1H. The summed E-state index contributed by atoms with van der Waals surface area (Å²) in [5.41, 5.74) is 0. The van der Waals surface area contributed by atoms with E-state index in [9.17, 15) is 0 Å². The summed E-state index contributed by atoms with van der Waals surface area (Å²) in [6.45, 7) is 6.52. The van der Waals surface area contributed by atoms with Crippen LogP contribution in [0.4, 0.5) is 0 Å². The van der Waals surface area contributed by atoms with Gasteiger partial charge in [-0.25, -0.2) is 14.7 Å². The lowest BCUT2D eigenvalue weighted by molar-refractivity contribution is 0.177. The molecule has 2 atom stereocenters. The Balaban J connectivity index is 0.00000320. The highest BCUT2D eigenvalue weighted by Crippen LogP contribution is 2.24. The van der Waals surface area contributed by atoms with Crippen molar-refractivity contribution in [2.75, 3.05) is 20.2 Å². The van der Waals surface area contributed by atoms with Crippen molar-refractivity contribution in [2.45, 2.75) is 52.0 Å². The number of ether oxygens (including phenoxy) is 2. The molecule has 0 saturated carbocycles. The first-order chi connectivity index (χ1) is 14.1. The highest BCUT2D eigenvalue weighted by molar-refractivity contribution is 14.0. The number of nitrogens with one attached hydrogen (secondary N) is 2. The number of nitrogens with zero attached hydrogens (tertiary/aromatic N) is 4. The summed E-state index contributed by atoms with van der Waals surface area (Å²) in [6.07, 6.45) is 1.75. The minimum absolute atomic E-state index is 0. The number of halogens is 2. The molecule has 8 nitrogen and oxygen atoms in total. The average molecular weight is 549 g/mol. The largest absolute Gasteiger partial charge is 0.487 e. The molecule has 1 aliphatic rings. The zero-order chi connectivity index (χ0) is 20.6. The monoisotopic (exact) mass is 548 g/mol. The quantitative estimate of drug-likeness (QED) is 0.300. The average Bonchev–Trinajstić information content (AvgIpc) is 3.10. The molecule has 10 heteroatoms. The van der Waals surface area contributed by atoms with Crippen molar-refractivity contribution in [3.05, 3.63) is 40.9 Å². The summed E-state index contributed by atoms with van der Waals surface area (Å²) in [5, 5.41) is 11.9. The maximum Gasteiger partial charge on any atom is 0.191 e. The smallest absolute Gasteiger partial charge is 0.191 e. The zero-order valence-corrected chi connectivity index (χ0v) is 20.7. The molecule has 2 unspecified atom stereocenters. The third-order valence-corrected chi connectivity index (χ3v) is 4.84. The summed E-state index contributed by atoms with van der Waals surface area (Å²) in [4.78, 5) is 9.21. The highest BCUT2D eigenvalue weighted by atomic mass is 127. The Morgan fingerprint density at radius 2 is 2.20 bits per heavy atom. The Bertz CT molecular complexity index is 831. The van der Waals surface area contributed by atoms with Crippen molar-refractivity contribution in [3.63, 3.8) is 0 Å². The van der Waals surface area contributed by atoms with Gasteiger partial charge in [-0.05, 0) is 32.4 Å². The summed E-state index contributed by atoms with van der Waals surface area (Å²) < 4.78 is 13.0. The van der Waals surface area contributed by atoms with Crippen LogP contribution in [0.15, 0.2) is 29.3 Å². The molecule has 0 fully saturated rings. The molecule has 0 radical (unpaired) electrons. The third-order valence-electron chi connectivity index (χ3n) is 4.53. The van der Waals surface area contributed by atoms with Gasteiger partial charge in [-0.15, -0.1) is 24.0 Å². The molecule has 0 aliphatic carbocycles. The van der Waals surface area contributed by atoms with E-state index in [0.29, 0.717) is 23.9 Å². The van der Waals surface area contributed by atoms with Gasteiger partial charge in [0.05, 0.1) is 18.1 Å². The normalized spacial score (nSPS) is 16.9. The fourth-order valence-electron chi connectivity index (χ4n) is 3.20. The number of methoxy groups -OCH3 is 1. The van der Waals surface area contributed by atoms with E-state index in [4.69, 9.17) is 21.1 Å². The SMILES string of the molecule is CCNC(=NCC(C)Oc1ccccc1Cl)NC1CCc2nc(COC)nn2C1.I. The molecule has 2 aromatic rings. The van der Waals surface area contributed by atoms with Gasteiger partial charge in [0.25, 0.3) is 0 Å². The lowest BCUT2D eigenvalue weighted by Crippen LogP contribution is -2.47. The number of aliphatic imine (C=N–C) groups is 1. The van der Waals surface area contributed by atoms with E-state index in [0.717, 1.165) is 43.5 Å². The summed E-state index contributed by atoms with van der Waals surface area (Å²) in [7, 11) is 1.65. The van der Waals surface area contributed by atoms with Crippen LogP contribution in [0.1, 0.15) is 31.9 Å². The molecule has 0 amide bonds. The Kier molecular flexibility index (Phi) is 10.1. The molecular formula is C20H30ClIN6O2. The van der Waals surface area contributed by atoms with E-state index in [2.05, 4.69) is 25.7 Å². The van der Waals surface area contributed by atoms with Crippen LogP contribution in [0.3, 0.4) is 0 Å². The molecular weight excluding hydrogens is 519 g/mol. The van der Waals surface area contributed by atoms with Gasteiger partial charge >= 0.3 is 0 Å². The fraction of sp³-hybridized carbons (Fsp3) is 0.550. The van der Waals surface area contributed by atoms with Crippen molar-refractivity contribution >= 4 is 41.5 Å². The lowest BCUT2D eigenvalue weighted by atomic mass is 10.1. The van der Waals surface area contributed by atoms with Crippen LogP contribution in [0.25, 0.3) is 0 Å². The molecule has 0 bridgehead atoms. The van der Waals surface area contributed by atoms with Gasteiger partial charge in [-0.1, -0.05) is 23.7 Å². The van der Waals surface area contributed by atoms with Crippen LogP contribution in [-0.4, -0.2) is 53.1 Å². The van der Waals surface area contributed by atoms with Crippen LogP contribution < -0.4 is 15.4 Å². The van der Waals surface area contributed by atoms with Crippen molar-refractivity contribution < 1.29 is 9.47 Å². The number of hydrogen-bond donors (Lipinski definition) is 2. The third kappa shape index (κ3) is 6.98. The number of para-hydroxylation sites is 1. The molecule has 3 rings (SSSR count). The first-order valence-corrected chi connectivity index (χ1v) is 10.3. The minimum atomic E-state index is -0.102. The number of guanidine groups is 1. The van der Waals surface area contributed by atoms with E-state index < -0.39 is 0 Å². The minimum Gasteiger partial charge on any atom is -0.487 e. The van der Waals surface area contributed by atoms with Crippen LogP contribution in [0, 0.1) is 0 Å². The van der Waals surface area contributed by atoms with E-state index in [-0.39, 0.29) is 36.1 Å². The van der Waals surface area contributed by atoms with Crippen LogP contribution in [0.5, 0.6) is 5.75 Å². The Morgan fingerprint density at radius 3 is 2.93 bits per heavy atom. The Hall–Kier alpha value is -1.59. The maximum absolute atomic E-state index is 6.17. The zero-order valence-electron chi connectivity index (χ0n) is 17.6. The second-order valence-electron chi connectivity index (χ2n) is 7.02. The van der Waals surface area contributed by atoms with Crippen molar-refractivity contribution in [3.8, 4) is 5.75 Å². The van der Waals surface area contributed by atoms with Gasteiger partial charge in [0.1, 0.15) is 24.3 Å². The van der Waals surface area contributed by atoms with Crippen molar-refractivity contribution in [2.24, 2.45) is 4.99 Å². The van der Waals surface area contributed by atoms with Crippen LogP contribution in [-0.2, 0) is 24.3 Å². The predicted molar refractivity (Wildman–Crippen MR) is 129 cm³/mol. The summed E-state index contributed by atoms with van der Waals surface area (Å²) >= 11 is 6.17. The maximum atomic E-state index is 6.17. The number of aryl methyl sites for hydroxylation is 1. The number of rotatable bonds is 8. The molecule has 30 heavy (non-hydrogen) atoms. The molecule has 0 saturated heterocycles. The second kappa shape index (κ2) is 12.3. The van der Waals surface area contributed by atoms with E-state index in [1.165, 1.54) is 0 Å². The molecule has 1 aromatic carbocycles. The summed E-state index contributed by atoms with van der Waals surface area (Å²) in [6, 6.07) is 7.70. The lowest BCUT2D eigenvalue weighted by Gasteiger charge is -2.25. The molecule has 2 heterocycles. The Morgan fingerprint density at radius 1 is 1.40 bits per heavy atom. The van der Waals surface area contributed by atoms with E-state index in [1.807, 2.05) is 42.8 Å². The number of benzene rings is 1. The van der Waals surface area contributed by atoms with Crippen LogP contribution >= 0.6 is 35.6 Å². The van der Waals surface area contributed by atoms with Gasteiger partial charge in [0, 0.05) is 26.1 Å². The number of hydrogen-bond acceptors (Lipinski definition) is 5. The predicted octanol–water partition coefficient (Wildman–Crippen LogP) is 3.03. The first kappa shape index (κ1) is 24.7. The van der Waals surface area contributed by atoms with Gasteiger partial charge in [0.15, 0.2) is 11.8 Å². The van der Waals surface area contributed by atoms with Crippen LogP contribution in [0.2, 0.25) is 5.02 Å². The topological polar surface area (TPSA) is 85.6 Å². The number of fused-ring (bicyclic) bond motifs is 1. The fourth-order valence-corrected chi connectivity index (χ4v) is 3.38. The molecule has 166 valence electrons. The van der Waals surface area contributed by atoms with Gasteiger partial charge < -0.3 is 20.1 Å². The van der Waals surface area contributed by atoms with Crippen molar-refractivity contribution in [1.82, 2.24) is 25.4 Å². The van der Waals surface area contributed by atoms with Gasteiger partial charge in [-0.3, -0.25) is 0 Å². The summed E-state index contributed by atoms with van der Waals surface area (Å²) in [5.74, 6) is 3.19. The van der Waals surface area contributed by atoms with Gasteiger partial charge in [-0.2, -0.15) is 5.10 Å².